The number of rotatable bonds is 5. The summed E-state index contributed by atoms with van der Waals surface area (Å²) in [6, 6.07) is 15.9. The molecule has 0 bridgehead atoms. The highest BCUT2D eigenvalue weighted by atomic mass is 35.5. The molecule has 0 radical (unpaired) electrons. The molecule has 23 heavy (non-hydrogen) atoms. The molecule has 1 aromatic heterocycles. The zero-order valence-electron chi connectivity index (χ0n) is 13.4. The van der Waals surface area contributed by atoms with Gasteiger partial charge in [0.1, 0.15) is 0 Å². The van der Waals surface area contributed by atoms with Gasteiger partial charge >= 0.3 is 0 Å². The first kappa shape index (κ1) is 15.9. The molecule has 2 aromatic carbocycles. The molecular formula is C19H21ClN2O. The summed E-state index contributed by atoms with van der Waals surface area (Å²) in [6.07, 6.45) is -0.500. The molecule has 3 nitrogen and oxygen atoms in total. The van der Waals surface area contributed by atoms with Gasteiger partial charge in [-0.05, 0) is 37.6 Å². The van der Waals surface area contributed by atoms with E-state index in [9.17, 15) is 5.11 Å². The van der Waals surface area contributed by atoms with Gasteiger partial charge in [0.2, 0.25) is 0 Å². The minimum atomic E-state index is -0.500. The molecule has 2 N–H and O–H groups in total. The van der Waals surface area contributed by atoms with Gasteiger partial charge in [0.25, 0.3) is 0 Å². The minimum Gasteiger partial charge on any atom is -0.389 e. The number of aliphatic hydroxyl groups is 1. The van der Waals surface area contributed by atoms with Crippen LogP contribution in [0.5, 0.6) is 0 Å². The van der Waals surface area contributed by atoms with Crippen LogP contribution in [-0.2, 0) is 6.54 Å². The first-order valence-corrected chi connectivity index (χ1v) is 8.16. The van der Waals surface area contributed by atoms with E-state index >= 15 is 0 Å². The number of hydrogen-bond acceptors (Lipinski definition) is 2. The molecule has 3 aromatic rings. The van der Waals surface area contributed by atoms with Crippen LogP contribution in [0.25, 0.3) is 10.9 Å². The van der Waals surface area contributed by atoms with Crippen LogP contribution in [0.3, 0.4) is 0 Å². The monoisotopic (exact) mass is 328 g/mol. The number of nitrogens with zero attached hydrogens (tertiary/aromatic N) is 1. The van der Waals surface area contributed by atoms with Gasteiger partial charge in [-0.15, -0.1) is 0 Å². The van der Waals surface area contributed by atoms with Crippen molar-refractivity contribution in [3.8, 4) is 0 Å². The Morgan fingerprint density at radius 3 is 2.57 bits per heavy atom. The van der Waals surface area contributed by atoms with Crippen molar-refractivity contribution in [3.05, 3.63) is 64.8 Å². The van der Waals surface area contributed by atoms with Gasteiger partial charge < -0.3 is 15.0 Å². The van der Waals surface area contributed by atoms with E-state index in [2.05, 4.69) is 41.9 Å². The lowest BCUT2D eigenvalue weighted by Crippen LogP contribution is -2.25. The van der Waals surface area contributed by atoms with Crippen LogP contribution in [0.1, 0.15) is 11.3 Å². The van der Waals surface area contributed by atoms with Crippen molar-refractivity contribution < 1.29 is 5.11 Å². The number of fused-ring (bicyclic) bond motifs is 1. The van der Waals surface area contributed by atoms with Crippen molar-refractivity contribution >= 4 is 28.2 Å². The molecule has 1 heterocycles. The van der Waals surface area contributed by atoms with Gasteiger partial charge in [-0.25, -0.2) is 0 Å². The second-order valence-corrected chi connectivity index (χ2v) is 6.26. The third-order valence-electron chi connectivity index (χ3n) is 4.34. The number of aliphatic hydroxyl groups excluding tert-OH is 1. The summed E-state index contributed by atoms with van der Waals surface area (Å²) in [4.78, 5) is 0. The van der Waals surface area contributed by atoms with Gasteiger partial charge in [0.05, 0.1) is 23.4 Å². The number of nitrogens with one attached hydrogen (secondary N) is 1. The van der Waals surface area contributed by atoms with Crippen molar-refractivity contribution in [1.29, 1.82) is 0 Å². The van der Waals surface area contributed by atoms with E-state index in [4.69, 9.17) is 11.6 Å². The number of aromatic nitrogens is 1. The lowest BCUT2D eigenvalue weighted by molar-refractivity contribution is 0.167. The maximum Gasteiger partial charge on any atom is 0.0891 e. The number of para-hydroxylation sites is 2. The number of aryl methyl sites for hydroxylation is 1. The Bertz CT molecular complexity index is 825. The molecule has 0 amide bonds. The Balaban J connectivity index is 1.75. The Hall–Kier alpha value is -1.97. The van der Waals surface area contributed by atoms with Gasteiger partial charge in [-0.1, -0.05) is 41.9 Å². The Labute approximate surface area is 141 Å². The average Bonchev–Trinajstić information content (AvgIpc) is 2.80. The molecule has 0 saturated heterocycles. The number of anilines is 1. The lowest BCUT2D eigenvalue weighted by atomic mass is 10.2. The topological polar surface area (TPSA) is 37.2 Å². The van der Waals surface area contributed by atoms with Crippen LogP contribution in [0, 0.1) is 13.8 Å². The van der Waals surface area contributed by atoms with Crippen molar-refractivity contribution in [2.75, 3.05) is 11.9 Å². The first-order chi connectivity index (χ1) is 11.1. The van der Waals surface area contributed by atoms with Crippen molar-refractivity contribution in [1.82, 2.24) is 4.57 Å². The number of hydrogen-bond donors (Lipinski definition) is 2. The van der Waals surface area contributed by atoms with Crippen LogP contribution >= 0.6 is 11.6 Å². The highest BCUT2D eigenvalue weighted by molar-refractivity contribution is 6.33. The molecular weight excluding hydrogens is 308 g/mol. The van der Waals surface area contributed by atoms with E-state index in [0.29, 0.717) is 18.1 Å². The van der Waals surface area contributed by atoms with E-state index in [1.807, 2.05) is 30.3 Å². The second kappa shape index (κ2) is 6.65. The zero-order chi connectivity index (χ0) is 16.4. The molecule has 3 rings (SSSR count). The van der Waals surface area contributed by atoms with E-state index in [-0.39, 0.29) is 0 Å². The minimum absolute atomic E-state index is 0.453. The van der Waals surface area contributed by atoms with E-state index in [1.54, 1.807) is 0 Å². The smallest absolute Gasteiger partial charge is 0.0891 e. The SMILES string of the molecule is Cc1c(C)n(CC(O)CNc2ccccc2Cl)c2ccccc12. The maximum absolute atomic E-state index is 10.4. The van der Waals surface area contributed by atoms with Crippen molar-refractivity contribution in [2.45, 2.75) is 26.5 Å². The van der Waals surface area contributed by atoms with Crippen molar-refractivity contribution in [3.63, 3.8) is 0 Å². The fourth-order valence-electron chi connectivity index (χ4n) is 2.95. The normalized spacial score (nSPS) is 12.5. The number of benzene rings is 2. The van der Waals surface area contributed by atoms with Crippen LogP contribution in [-0.4, -0.2) is 22.3 Å². The van der Waals surface area contributed by atoms with E-state index in [0.717, 1.165) is 5.69 Å². The zero-order valence-corrected chi connectivity index (χ0v) is 14.1. The molecule has 1 atom stereocenters. The van der Waals surface area contributed by atoms with Crippen LogP contribution in [0.4, 0.5) is 5.69 Å². The second-order valence-electron chi connectivity index (χ2n) is 5.85. The predicted octanol–water partition coefficient (Wildman–Crippen LogP) is 4.38. The highest BCUT2D eigenvalue weighted by Gasteiger charge is 2.13. The largest absolute Gasteiger partial charge is 0.389 e. The summed E-state index contributed by atoms with van der Waals surface area (Å²) in [5, 5.41) is 15.5. The van der Waals surface area contributed by atoms with Gasteiger partial charge in [-0.2, -0.15) is 0 Å². The van der Waals surface area contributed by atoms with Gasteiger partial charge in [0.15, 0.2) is 0 Å². The molecule has 120 valence electrons. The Kier molecular flexibility index (Phi) is 4.60. The molecule has 0 saturated carbocycles. The summed E-state index contributed by atoms with van der Waals surface area (Å²) in [5.74, 6) is 0. The summed E-state index contributed by atoms with van der Waals surface area (Å²) >= 11 is 6.13. The standard InChI is InChI=1S/C19H21ClN2O/c1-13-14(2)22(19-10-6-3-7-16(13)19)12-15(23)11-21-18-9-5-4-8-17(18)20/h3-10,15,21,23H,11-12H2,1-2H3. The lowest BCUT2D eigenvalue weighted by Gasteiger charge is -2.16. The summed E-state index contributed by atoms with van der Waals surface area (Å²) in [7, 11) is 0. The van der Waals surface area contributed by atoms with Gasteiger partial charge in [0, 0.05) is 23.1 Å². The fraction of sp³-hybridized carbons (Fsp3) is 0.263. The quantitative estimate of drug-likeness (QED) is 0.729. The maximum atomic E-state index is 10.4. The molecule has 4 heteroatoms. The van der Waals surface area contributed by atoms with Crippen molar-refractivity contribution in [2.24, 2.45) is 0 Å². The molecule has 0 fully saturated rings. The third-order valence-corrected chi connectivity index (χ3v) is 4.67. The average molecular weight is 329 g/mol. The van der Waals surface area contributed by atoms with Crippen LogP contribution < -0.4 is 5.32 Å². The highest BCUT2D eigenvalue weighted by Crippen LogP contribution is 2.25. The molecule has 0 aliphatic rings. The van der Waals surface area contributed by atoms with Crippen LogP contribution in [0.2, 0.25) is 5.02 Å². The predicted molar refractivity (Wildman–Crippen MR) is 97.4 cm³/mol. The first-order valence-electron chi connectivity index (χ1n) is 7.79. The molecule has 0 aliphatic heterocycles. The number of halogens is 1. The van der Waals surface area contributed by atoms with E-state index < -0.39 is 6.10 Å². The summed E-state index contributed by atoms with van der Waals surface area (Å²) < 4.78 is 2.18. The Morgan fingerprint density at radius 2 is 1.78 bits per heavy atom. The summed E-state index contributed by atoms with van der Waals surface area (Å²) in [6.45, 7) is 5.23. The third kappa shape index (κ3) is 3.21. The summed E-state index contributed by atoms with van der Waals surface area (Å²) in [5.41, 5.74) is 4.48. The molecule has 0 aliphatic carbocycles. The van der Waals surface area contributed by atoms with Gasteiger partial charge in [-0.3, -0.25) is 0 Å². The molecule has 0 spiro atoms. The van der Waals surface area contributed by atoms with E-state index in [1.165, 1.54) is 22.2 Å². The van der Waals surface area contributed by atoms with Crippen LogP contribution in [0.15, 0.2) is 48.5 Å². The molecule has 1 unspecified atom stereocenters. The Morgan fingerprint density at radius 1 is 1.09 bits per heavy atom. The fourth-order valence-corrected chi connectivity index (χ4v) is 3.15.